The Hall–Kier alpha value is 0. The third-order valence-electron chi connectivity index (χ3n) is 4.08. The molecular formula is C16H34. The average molecular weight is 226 g/mol. The van der Waals surface area contributed by atoms with E-state index < -0.39 is 0 Å². The van der Waals surface area contributed by atoms with Gasteiger partial charge in [0, 0.05) is 0 Å². The summed E-state index contributed by atoms with van der Waals surface area (Å²) >= 11 is 0. The van der Waals surface area contributed by atoms with Crippen LogP contribution >= 0.6 is 0 Å². The van der Waals surface area contributed by atoms with Crippen molar-refractivity contribution in [2.75, 3.05) is 0 Å². The molecule has 0 saturated heterocycles. The van der Waals surface area contributed by atoms with Gasteiger partial charge in [-0.15, -0.1) is 0 Å². The Kier molecular flexibility index (Phi) is 9.07. The van der Waals surface area contributed by atoms with E-state index in [0.717, 1.165) is 23.7 Å². The smallest absolute Gasteiger partial charge is 0.0414 e. The van der Waals surface area contributed by atoms with Crippen molar-refractivity contribution >= 4 is 0 Å². The lowest BCUT2D eigenvalue weighted by Gasteiger charge is -2.25. The van der Waals surface area contributed by atoms with E-state index >= 15 is 0 Å². The summed E-state index contributed by atoms with van der Waals surface area (Å²) < 4.78 is 0. The molecule has 0 N–H and O–H groups in total. The van der Waals surface area contributed by atoms with Crippen molar-refractivity contribution < 1.29 is 0 Å². The highest BCUT2D eigenvalue weighted by molar-refractivity contribution is 4.68. The summed E-state index contributed by atoms with van der Waals surface area (Å²) in [5.41, 5.74) is 0. The Bertz CT molecular complexity index is 132. The molecule has 0 radical (unpaired) electrons. The van der Waals surface area contributed by atoms with Crippen LogP contribution < -0.4 is 0 Å². The maximum atomic E-state index is 2.45. The molecule has 0 spiro atoms. The third-order valence-corrected chi connectivity index (χ3v) is 4.08. The van der Waals surface area contributed by atoms with Crippen molar-refractivity contribution in [2.45, 2.75) is 80.1 Å². The monoisotopic (exact) mass is 226 g/mol. The second-order valence-electron chi connectivity index (χ2n) is 6.21. The molecule has 16 heavy (non-hydrogen) atoms. The van der Waals surface area contributed by atoms with Crippen LogP contribution in [0.4, 0.5) is 0 Å². The van der Waals surface area contributed by atoms with Crippen molar-refractivity contribution in [3.8, 4) is 0 Å². The molecule has 0 heteroatoms. The van der Waals surface area contributed by atoms with E-state index in [1.165, 1.54) is 38.5 Å². The normalized spacial score (nSPS) is 19.1. The first-order chi connectivity index (χ1) is 7.51. The molecule has 0 aromatic rings. The van der Waals surface area contributed by atoms with Gasteiger partial charge >= 0.3 is 0 Å². The zero-order chi connectivity index (χ0) is 12.6. The molecule has 4 atom stereocenters. The number of hydrogen-bond donors (Lipinski definition) is 0. The summed E-state index contributed by atoms with van der Waals surface area (Å²) in [7, 11) is 0. The Morgan fingerprint density at radius 2 is 0.938 bits per heavy atom. The molecule has 0 amide bonds. The van der Waals surface area contributed by atoms with Gasteiger partial charge in [-0.2, -0.15) is 0 Å². The molecule has 0 aliphatic heterocycles. The summed E-state index contributed by atoms with van der Waals surface area (Å²) in [6.07, 6.45) is 8.34. The fourth-order valence-electron chi connectivity index (χ4n) is 2.96. The largest absolute Gasteiger partial charge is 0.0654 e. The van der Waals surface area contributed by atoms with Crippen molar-refractivity contribution in [1.29, 1.82) is 0 Å². The molecule has 0 aromatic carbocycles. The van der Waals surface area contributed by atoms with Crippen LogP contribution in [-0.4, -0.2) is 0 Å². The minimum Gasteiger partial charge on any atom is -0.0654 e. The summed E-state index contributed by atoms with van der Waals surface area (Å²) in [6, 6.07) is 0. The minimum atomic E-state index is 0.904. The highest BCUT2D eigenvalue weighted by Gasteiger charge is 2.17. The van der Waals surface area contributed by atoms with Crippen molar-refractivity contribution in [1.82, 2.24) is 0 Å². The van der Waals surface area contributed by atoms with E-state index in [4.69, 9.17) is 0 Å². The van der Waals surface area contributed by atoms with E-state index in [2.05, 4.69) is 41.5 Å². The van der Waals surface area contributed by atoms with Gasteiger partial charge in [-0.05, 0) is 36.5 Å². The first-order valence-electron chi connectivity index (χ1n) is 7.51. The summed E-state index contributed by atoms with van der Waals surface area (Å²) in [5.74, 6) is 3.65. The molecule has 0 aromatic heterocycles. The molecule has 0 unspecified atom stereocenters. The first kappa shape index (κ1) is 16.0. The molecule has 0 aliphatic rings. The van der Waals surface area contributed by atoms with Crippen LogP contribution in [0.3, 0.4) is 0 Å². The SMILES string of the molecule is CCC[C@@H](C)C[C@@H](C)[C@H](C)C[C@H](C)CCC. The number of rotatable bonds is 9. The minimum absolute atomic E-state index is 0.904. The van der Waals surface area contributed by atoms with Crippen LogP contribution in [0.1, 0.15) is 80.1 Å². The highest BCUT2D eigenvalue weighted by atomic mass is 14.2. The van der Waals surface area contributed by atoms with Gasteiger partial charge in [-0.3, -0.25) is 0 Å². The highest BCUT2D eigenvalue weighted by Crippen LogP contribution is 2.28. The average Bonchev–Trinajstić information content (AvgIpc) is 2.17. The van der Waals surface area contributed by atoms with Gasteiger partial charge < -0.3 is 0 Å². The van der Waals surface area contributed by atoms with E-state index in [1.54, 1.807) is 0 Å². The molecule has 0 bridgehead atoms. The van der Waals surface area contributed by atoms with Gasteiger partial charge in [-0.25, -0.2) is 0 Å². The lowest BCUT2D eigenvalue weighted by molar-refractivity contribution is 0.258. The van der Waals surface area contributed by atoms with E-state index in [-0.39, 0.29) is 0 Å². The quantitative estimate of drug-likeness (QED) is 0.458. The second-order valence-corrected chi connectivity index (χ2v) is 6.21. The predicted molar refractivity (Wildman–Crippen MR) is 75.7 cm³/mol. The first-order valence-corrected chi connectivity index (χ1v) is 7.51. The van der Waals surface area contributed by atoms with E-state index in [9.17, 15) is 0 Å². The van der Waals surface area contributed by atoms with Crippen LogP contribution in [0.25, 0.3) is 0 Å². The van der Waals surface area contributed by atoms with E-state index in [0.29, 0.717) is 0 Å². The van der Waals surface area contributed by atoms with Gasteiger partial charge in [-0.1, -0.05) is 67.2 Å². The second kappa shape index (κ2) is 9.07. The lowest BCUT2D eigenvalue weighted by Crippen LogP contribution is -2.14. The molecule has 98 valence electrons. The Morgan fingerprint density at radius 1 is 0.625 bits per heavy atom. The fourth-order valence-corrected chi connectivity index (χ4v) is 2.96. The maximum absolute atomic E-state index is 2.45. The molecule has 0 heterocycles. The van der Waals surface area contributed by atoms with E-state index in [1.807, 2.05) is 0 Å². The van der Waals surface area contributed by atoms with Gasteiger partial charge in [0.15, 0.2) is 0 Å². The number of hydrogen-bond acceptors (Lipinski definition) is 0. The maximum Gasteiger partial charge on any atom is -0.0414 e. The Labute approximate surface area is 104 Å². The lowest BCUT2D eigenvalue weighted by atomic mass is 9.81. The molecule has 0 saturated carbocycles. The molecule has 0 rings (SSSR count). The Morgan fingerprint density at radius 3 is 1.19 bits per heavy atom. The molecular weight excluding hydrogens is 192 g/mol. The topological polar surface area (TPSA) is 0 Å². The molecule has 0 aliphatic carbocycles. The molecule has 0 nitrogen and oxygen atoms in total. The fraction of sp³-hybridized carbons (Fsp3) is 1.00. The Balaban J connectivity index is 3.83. The standard InChI is InChI=1S/C16H34/c1-7-9-13(3)11-15(5)16(6)12-14(4)10-8-2/h13-16H,7-12H2,1-6H3/t13-,14-,15-,16-/m1/s1. The van der Waals surface area contributed by atoms with Gasteiger partial charge in [0.1, 0.15) is 0 Å². The van der Waals surface area contributed by atoms with Gasteiger partial charge in [0.05, 0.1) is 0 Å². The summed E-state index contributed by atoms with van der Waals surface area (Å²) in [4.78, 5) is 0. The van der Waals surface area contributed by atoms with Crippen LogP contribution in [-0.2, 0) is 0 Å². The zero-order valence-electron chi connectivity index (χ0n) is 12.6. The van der Waals surface area contributed by atoms with Gasteiger partial charge in [0.2, 0.25) is 0 Å². The zero-order valence-corrected chi connectivity index (χ0v) is 12.6. The van der Waals surface area contributed by atoms with Gasteiger partial charge in [0.25, 0.3) is 0 Å². The van der Waals surface area contributed by atoms with Crippen LogP contribution in [0.2, 0.25) is 0 Å². The predicted octanol–water partition coefficient (Wildman–Crippen LogP) is 5.91. The van der Waals surface area contributed by atoms with Crippen molar-refractivity contribution in [2.24, 2.45) is 23.7 Å². The van der Waals surface area contributed by atoms with Crippen LogP contribution in [0.15, 0.2) is 0 Å². The van der Waals surface area contributed by atoms with Crippen LogP contribution in [0, 0.1) is 23.7 Å². The van der Waals surface area contributed by atoms with Crippen LogP contribution in [0.5, 0.6) is 0 Å². The van der Waals surface area contributed by atoms with Crippen molar-refractivity contribution in [3.63, 3.8) is 0 Å². The van der Waals surface area contributed by atoms with Crippen molar-refractivity contribution in [3.05, 3.63) is 0 Å². The summed E-state index contributed by atoms with van der Waals surface area (Å²) in [6.45, 7) is 14.3. The summed E-state index contributed by atoms with van der Waals surface area (Å²) in [5, 5.41) is 0. The molecule has 0 fully saturated rings. The third kappa shape index (κ3) is 7.30.